The molecular weight excluding hydrogens is 452 g/mol. The van der Waals surface area contributed by atoms with Gasteiger partial charge in [0, 0.05) is 27.1 Å². The Hall–Kier alpha value is -2.59. The molecule has 1 aromatic heterocycles. The number of ether oxygens (including phenoxy) is 2. The number of hydrogen-bond donors (Lipinski definition) is 0. The lowest BCUT2D eigenvalue weighted by atomic mass is 10.2. The lowest BCUT2D eigenvalue weighted by Crippen LogP contribution is -2.32. The normalized spacial score (nSPS) is 11.7. The van der Waals surface area contributed by atoms with Crippen LogP contribution in [-0.4, -0.2) is 58.0 Å². The molecule has 1 heterocycles. The van der Waals surface area contributed by atoms with Gasteiger partial charge in [-0.05, 0) is 62.9 Å². The van der Waals surface area contributed by atoms with E-state index in [0.29, 0.717) is 24.4 Å². The van der Waals surface area contributed by atoms with Crippen molar-refractivity contribution in [2.45, 2.75) is 43.4 Å². The van der Waals surface area contributed by atoms with Crippen LogP contribution in [0.25, 0.3) is 0 Å². The molecule has 0 radical (unpaired) electrons. The summed E-state index contributed by atoms with van der Waals surface area (Å²) >= 11 is 1.16. The summed E-state index contributed by atoms with van der Waals surface area (Å²) in [6.45, 7) is 5.68. The molecule has 32 heavy (non-hydrogen) atoms. The van der Waals surface area contributed by atoms with Gasteiger partial charge in [0.15, 0.2) is 6.61 Å². The first-order valence-electron chi connectivity index (χ1n) is 10.1. The number of amides is 1. The molecule has 0 fully saturated rings. The van der Waals surface area contributed by atoms with Crippen LogP contribution in [0.4, 0.5) is 5.69 Å². The second kappa shape index (κ2) is 10.8. The van der Waals surface area contributed by atoms with Crippen molar-refractivity contribution in [1.29, 1.82) is 0 Å². The molecule has 176 valence electrons. The molecule has 0 saturated heterocycles. The van der Waals surface area contributed by atoms with Gasteiger partial charge >= 0.3 is 5.97 Å². The second-order valence-corrected chi connectivity index (χ2v) is 11.3. The number of carbonyl (C=O) groups is 2. The van der Waals surface area contributed by atoms with Gasteiger partial charge in [0.05, 0.1) is 5.69 Å². The number of likely N-dealkylation sites (N-methyl/N-ethyl adjacent to an activating group) is 1. The third-order valence-electron chi connectivity index (χ3n) is 4.39. The van der Waals surface area contributed by atoms with Crippen LogP contribution in [0.5, 0.6) is 5.75 Å². The van der Waals surface area contributed by atoms with Crippen molar-refractivity contribution in [3.8, 4) is 5.75 Å². The van der Waals surface area contributed by atoms with E-state index in [9.17, 15) is 18.0 Å². The van der Waals surface area contributed by atoms with Crippen LogP contribution in [0.3, 0.4) is 0 Å². The van der Waals surface area contributed by atoms with E-state index in [1.807, 2.05) is 20.8 Å². The van der Waals surface area contributed by atoms with Crippen molar-refractivity contribution in [2.75, 3.05) is 31.6 Å². The lowest BCUT2D eigenvalue weighted by Gasteiger charge is -2.21. The van der Waals surface area contributed by atoms with Crippen LogP contribution >= 0.6 is 11.3 Å². The van der Waals surface area contributed by atoms with Crippen molar-refractivity contribution in [3.63, 3.8) is 0 Å². The molecule has 0 saturated carbocycles. The zero-order valence-corrected chi connectivity index (χ0v) is 20.7. The van der Waals surface area contributed by atoms with E-state index < -0.39 is 15.6 Å². The Morgan fingerprint density at radius 1 is 1.06 bits per heavy atom. The molecule has 1 amide bonds. The summed E-state index contributed by atoms with van der Waals surface area (Å²) in [6.07, 6.45) is 0.732. The molecule has 0 unspecified atom stereocenters. The predicted octanol–water partition coefficient (Wildman–Crippen LogP) is 3.53. The lowest BCUT2D eigenvalue weighted by molar-refractivity contribution is -0.155. The minimum Gasteiger partial charge on any atom is -0.484 e. The zero-order chi connectivity index (χ0) is 23.9. The van der Waals surface area contributed by atoms with E-state index in [-0.39, 0.29) is 29.1 Å². The number of carbonyl (C=O) groups excluding carboxylic acids is 2. The Bertz CT molecular complexity index is 996. The van der Waals surface area contributed by atoms with E-state index >= 15 is 0 Å². The van der Waals surface area contributed by atoms with Crippen LogP contribution in [-0.2, 0) is 24.3 Å². The average Bonchev–Trinajstić information content (AvgIpc) is 3.26. The summed E-state index contributed by atoms with van der Waals surface area (Å²) in [5.74, 6) is -0.0671. The van der Waals surface area contributed by atoms with E-state index in [1.165, 1.54) is 16.3 Å². The number of rotatable bonds is 10. The molecule has 10 heteroatoms. The zero-order valence-electron chi connectivity index (χ0n) is 19.0. The molecule has 8 nitrogen and oxygen atoms in total. The Morgan fingerprint density at radius 2 is 1.72 bits per heavy atom. The highest BCUT2D eigenvalue weighted by Gasteiger charge is 2.22. The van der Waals surface area contributed by atoms with Gasteiger partial charge in [-0.2, -0.15) is 0 Å². The van der Waals surface area contributed by atoms with Gasteiger partial charge in [0.2, 0.25) is 0 Å². The largest absolute Gasteiger partial charge is 0.484 e. The quantitative estimate of drug-likeness (QED) is 0.481. The maximum absolute atomic E-state index is 12.6. The summed E-state index contributed by atoms with van der Waals surface area (Å²) in [4.78, 5) is 25.5. The van der Waals surface area contributed by atoms with Gasteiger partial charge in [-0.3, -0.25) is 13.9 Å². The fourth-order valence-corrected chi connectivity index (χ4v) is 5.03. The number of esters is 1. The number of thiophene rings is 1. The smallest absolute Gasteiger partial charge is 0.306 e. The number of sulfonamides is 1. The minimum atomic E-state index is -3.61. The molecule has 0 aliphatic heterocycles. The highest BCUT2D eigenvalue weighted by molar-refractivity contribution is 7.94. The van der Waals surface area contributed by atoms with Gasteiger partial charge in [-0.15, -0.1) is 11.3 Å². The van der Waals surface area contributed by atoms with Crippen LogP contribution in [0, 0.1) is 0 Å². The summed E-state index contributed by atoms with van der Waals surface area (Å²) in [5.41, 5.74) is -0.0400. The number of nitrogens with zero attached hydrogens (tertiary/aromatic N) is 2. The van der Waals surface area contributed by atoms with E-state index in [2.05, 4.69) is 0 Å². The van der Waals surface area contributed by atoms with E-state index in [0.717, 1.165) is 11.3 Å². The van der Waals surface area contributed by atoms with Gasteiger partial charge < -0.3 is 14.4 Å². The minimum absolute atomic E-state index is 0.161. The topological polar surface area (TPSA) is 93.2 Å². The molecule has 2 aromatic rings. The van der Waals surface area contributed by atoms with Gasteiger partial charge in [-0.25, -0.2) is 8.42 Å². The standard InChI is InChI=1S/C22H30N2O6S2/c1-22(2,3)30-20(26)8-6-14-23(4)19(25)16-29-18-12-10-17(11-13-18)24(5)32(27,28)21-9-7-15-31-21/h7,9-13,15H,6,8,14,16H2,1-5H3. The maximum atomic E-state index is 12.6. The molecule has 1 aromatic carbocycles. The summed E-state index contributed by atoms with van der Waals surface area (Å²) in [7, 11) is -0.473. The molecule has 0 bridgehead atoms. The van der Waals surface area contributed by atoms with Crippen molar-refractivity contribution < 1.29 is 27.5 Å². The Kier molecular flexibility index (Phi) is 8.68. The summed E-state index contributed by atoms with van der Waals surface area (Å²) in [6, 6.07) is 9.72. The van der Waals surface area contributed by atoms with E-state index in [1.54, 1.807) is 48.8 Å². The van der Waals surface area contributed by atoms with Gasteiger partial charge in [0.25, 0.3) is 15.9 Å². The van der Waals surface area contributed by atoms with E-state index in [4.69, 9.17) is 9.47 Å². The first-order chi connectivity index (χ1) is 14.9. The summed E-state index contributed by atoms with van der Waals surface area (Å²) in [5, 5.41) is 1.71. The third-order valence-corrected chi connectivity index (χ3v) is 7.55. The molecule has 0 atom stereocenters. The van der Waals surface area contributed by atoms with Crippen molar-refractivity contribution in [3.05, 3.63) is 41.8 Å². The molecule has 0 aliphatic carbocycles. The van der Waals surface area contributed by atoms with Gasteiger partial charge in [0.1, 0.15) is 15.6 Å². The predicted molar refractivity (Wildman–Crippen MR) is 125 cm³/mol. The summed E-state index contributed by atoms with van der Waals surface area (Å²) < 4.78 is 37.4. The van der Waals surface area contributed by atoms with Gasteiger partial charge in [-0.1, -0.05) is 6.07 Å². The molecule has 0 spiro atoms. The SMILES string of the molecule is CN(CCCC(=O)OC(C)(C)C)C(=O)COc1ccc(N(C)S(=O)(=O)c2cccs2)cc1. The average molecular weight is 483 g/mol. The van der Waals surface area contributed by atoms with Crippen molar-refractivity contribution in [2.24, 2.45) is 0 Å². The fraction of sp³-hybridized carbons (Fsp3) is 0.455. The third kappa shape index (κ3) is 7.52. The van der Waals surface area contributed by atoms with Crippen LogP contribution in [0.2, 0.25) is 0 Å². The van der Waals surface area contributed by atoms with Crippen molar-refractivity contribution in [1.82, 2.24) is 4.90 Å². The van der Waals surface area contributed by atoms with Crippen LogP contribution < -0.4 is 9.04 Å². The second-order valence-electron chi connectivity index (χ2n) is 8.19. The maximum Gasteiger partial charge on any atom is 0.306 e. The Balaban J connectivity index is 1.81. The van der Waals surface area contributed by atoms with Crippen molar-refractivity contribution >= 4 is 38.9 Å². The number of hydrogen-bond acceptors (Lipinski definition) is 7. The Morgan fingerprint density at radius 3 is 2.28 bits per heavy atom. The molecule has 0 aliphatic rings. The fourth-order valence-electron chi connectivity index (χ4n) is 2.67. The highest BCUT2D eigenvalue weighted by atomic mass is 32.2. The first kappa shape index (κ1) is 25.7. The molecule has 2 rings (SSSR count). The van der Waals surface area contributed by atoms with Crippen LogP contribution in [0.15, 0.2) is 46.0 Å². The number of anilines is 1. The monoisotopic (exact) mass is 482 g/mol. The first-order valence-corrected chi connectivity index (χ1v) is 12.4. The molecular formula is C22H30N2O6S2. The molecule has 0 N–H and O–H groups in total. The number of benzene rings is 1. The van der Waals surface area contributed by atoms with Crippen LogP contribution in [0.1, 0.15) is 33.6 Å². The Labute approximate surface area is 193 Å². The highest BCUT2D eigenvalue weighted by Crippen LogP contribution is 2.26.